The van der Waals surface area contributed by atoms with Crippen molar-refractivity contribution < 1.29 is 14.3 Å². The first-order valence-electron chi connectivity index (χ1n) is 7.52. The smallest absolute Gasteiger partial charge is 0.248 e. The first kappa shape index (κ1) is 15.3. The molecule has 0 bridgehead atoms. The molecule has 2 saturated heterocycles. The van der Waals surface area contributed by atoms with Crippen LogP contribution in [0, 0.1) is 0 Å². The lowest BCUT2D eigenvalue weighted by molar-refractivity contribution is -0.140. The molecule has 20 heavy (non-hydrogen) atoms. The Bertz CT molecular complexity index is 343. The van der Waals surface area contributed by atoms with Gasteiger partial charge in [0.1, 0.15) is 6.61 Å². The van der Waals surface area contributed by atoms with Crippen molar-refractivity contribution in [2.45, 2.75) is 44.8 Å². The van der Waals surface area contributed by atoms with Crippen molar-refractivity contribution in [3.05, 3.63) is 0 Å². The molecular formula is C14H25N3O3. The number of nitrogens with zero attached hydrogens (tertiary/aromatic N) is 1. The molecule has 6 nitrogen and oxygen atoms in total. The molecule has 2 rings (SSSR count). The summed E-state index contributed by atoms with van der Waals surface area (Å²) in [4.78, 5) is 25.0. The largest absolute Gasteiger partial charge is 0.368 e. The van der Waals surface area contributed by atoms with E-state index in [1.807, 2.05) is 4.90 Å². The molecule has 6 heteroatoms. The molecule has 0 aliphatic carbocycles. The Morgan fingerprint density at radius 2 is 2.05 bits per heavy atom. The third kappa shape index (κ3) is 4.76. The van der Waals surface area contributed by atoms with Gasteiger partial charge < -0.3 is 20.3 Å². The number of amides is 2. The Balaban J connectivity index is 1.72. The number of piperidine rings is 2. The van der Waals surface area contributed by atoms with Gasteiger partial charge in [-0.1, -0.05) is 0 Å². The maximum atomic E-state index is 12.1. The van der Waals surface area contributed by atoms with Crippen molar-refractivity contribution >= 4 is 11.8 Å². The highest BCUT2D eigenvalue weighted by Crippen LogP contribution is 2.12. The molecule has 0 radical (unpaired) electrons. The van der Waals surface area contributed by atoms with Crippen LogP contribution in [0.1, 0.15) is 32.6 Å². The average Bonchev–Trinajstić information content (AvgIpc) is 2.45. The molecule has 114 valence electrons. The van der Waals surface area contributed by atoms with Crippen LogP contribution >= 0.6 is 0 Å². The molecule has 0 aromatic heterocycles. The molecule has 2 aliphatic heterocycles. The van der Waals surface area contributed by atoms with Crippen LogP contribution in [0.15, 0.2) is 0 Å². The minimum Gasteiger partial charge on any atom is -0.368 e. The number of hydrogen-bond donors (Lipinski definition) is 2. The molecule has 1 atom stereocenters. The molecule has 0 saturated carbocycles. The fraction of sp³-hybridized carbons (Fsp3) is 0.857. The zero-order chi connectivity index (χ0) is 14.4. The summed E-state index contributed by atoms with van der Waals surface area (Å²) in [6, 6.07) is 0.0871. The molecule has 2 aliphatic rings. The Hall–Kier alpha value is -1.14. The second-order valence-electron chi connectivity index (χ2n) is 5.64. The highest BCUT2D eigenvalue weighted by atomic mass is 16.5. The van der Waals surface area contributed by atoms with Crippen LogP contribution in [0.4, 0.5) is 0 Å². The lowest BCUT2D eigenvalue weighted by Crippen LogP contribution is -2.50. The van der Waals surface area contributed by atoms with Gasteiger partial charge in [0.05, 0.1) is 6.10 Å². The Morgan fingerprint density at radius 3 is 2.75 bits per heavy atom. The van der Waals surface area contributed by atoms with Crippen LogP contribution in [0.5, 0.6) is 0 Å². The van der Waals surface area contributed by atoms with Gasteiger partial charge >= 0.3 is 0 Å². The highest BCUT2D eigenvalue weighted by molar-refractivity contribution is 5.78. The number of ether oxygens (including phenoxy) is 1. The number of carbonyl (C=O) groups excluding carboxylic acids is 2. The van der Waals surface area contributed by atoms with E-state index in [0.717, 1.165) is 45.3 Å². The predicted octanol–water partition coefficient (Wildman–Crippen LogP) is -0.118. The minimum atomic E-state index is -0.0322. The molecule has 0 aromatic rings. The van der Waals surface area contributed by atoms with Gasteiger partial charge in [0.2, 0.25) is 11.8 Å². The van der Waals surface area contributed by atoms with Crippen molar-refractivity contribution in [2.75, 3.05) is 32.8 Å². The van der Waals surface area contributed by atoms with E-state index < -0.39 is 0 Å². The maximum absolute atomic E-state index is 12.1. The number of nitrogens with one attached hydrogen (secondary N) is 2. The summed E-state index contributed by atoms with van der Waals surface area (Å²) in [5.74, 6) is 0.00818. The van der Waals surface area contributed by atoms with Crippen molar-refractivity contribution in [3.8, 4) is 0 Å². The van der Waals surface area contributed by atoms with Gasteiger partial charge in [-0.05, 0) is 38.8 Å². The Kier molecular flexibility index (Phi) is 5.79. The summed E-state index contributed by atoms with van der Waals surface area (Å²) < 4.78 is 5.70. The average molecular weight is 283 g/mol. The summed E-state index contributed by atoms with van der Waals surface area (Å²) in [5.41, 5.74) is 0. The van der Waals surface area contributed by atoms with E-state index in [0.29, 0.717) is 6.54 Å². The maximum Gasteiger partial charge on any atom is 0.248 e. The van der Waals surface area contributed by atoms with Crippen LogP contribution in [0.3, 0.4) is 0 Å². The summed E-state index contributed by atoms with van der Waals surface area (Å²) in [6.45, 7) is 4.98. The SMILES string of the molecule is CC(=O)NC1CCCN(C(=O)COC2CCNCC2)C1. The molecule has 2 fully saturated rings. The first-order chi connectivity index (χ1) is 9.65. The molecule has 1 unspecified atom stereocenters. The Labute approximate surface area is 120 Å². The van der Waals surface area contributed by atoms with Crippen molar-refractivity contribution in [3.63, 3.8) is 0 Å². The third-order valence-electron chi connectivity index (χ3n) is 3.91. The normalized spacial score (nSPS) is 24.4. The van der Waals surface area contributed by atoms with Gasteiger partial charge in [-0.2, -0.15) is 0 Å². The monoisotopic (exact) mass is 283 g/mol. The van der Waals surface area contributed by atoms with Crippen molar-refractivity contribution in [2.24, 2.45) is 0 Å². The van der Waals surface area contributed by atoms with E-state index in [4.69, 9.17) is 4.74 Å². The van der Waals surface area contributed by atoms with Gasteiger partial charge in [0, 0.05) is 26.1 Å². The minimum absolute atomic E-state index is 0.0322. The molecular weight excluding hydrogens is 258 g/mol. The van der Waals surface area contributed by atoms with Gasteiger partial charge in [-0.3, -0.25) is 9.59 Å². The Morgan fingerprint density at radius 1 is 1.30 bits per heavy atom. The zero-order valence-corrected chi connectivity index (χ0v) is 12.2. The van der Waals surface area contributed by atoms with E-state index in [9.17, 15) is 9.59 Å². The van der Waals surface area contributed by atoms with E-state index in [1.54, 1.807) is 0 Å². The van der Waals surface area contributed by atoms with Crippen molar-refractivity contribution in [1.29, 1.82) is 0 Å². The molecule has 0 aromatic carbocycles. The number of rotatable bonds is 4. The fourth-order valence-electron chi connectivity index (χ4n) is 2.85. The summed E-state index contributed by atoms with van der Waals surface area (Å²) >= 11 is 0. The van der Waals surface area contributed by atoms with Gasteiger partial charge in [0.25, 0.3) is 0 Å². The lowest BCUT2D eigenvalue weighted by atomic mass is 10.1. The van der Waals surface area contributed by atoms with Crippen LogP contribution in [0.2, 0.25) is 0 Å². The van der Waals surface area contributed by atoms with Gasteiger partial charge in [0.15, 0.2) is 0 Å². The summed E-state index contributed by atoms with van der Waals surface area (Å²) in [5, 5.41) is 6.16. The fourth-order valence-corrected chi connectivity index (χ4v) is 2.85. The molecule has 2 heterocycles. The van der Waals surface area contributed by atoms with E-state index in [-0.39, 0.29) is 30.6 Å². The van der Waals surface area contributed by atoms with Crippen molar-refractivity contribution in [1.82, 2.24) is 15.5 Å². The van der Waals surface area contributed by atoms with E-state index in [2.05, 4.69) is 10.6 Å². The van der Waals surface area contributed by atoms with Gasteiger partial charge in [-0.25, -0.2) is 0 Å². The summed E-state index contributed by atoms with van der Waals surface area (Å²) in [6.07, 6.45) is 4.03. The molecule has 2 amide bonds. The highest BCUT2D eigenvalue weighted by Gasteiger charge is 2.25. The molecule has 2 N–H and O–H groups in total. The van der Waals surface area contributed by atoms with Crippen LogP contribution in [0.25, 0.3) is 0 Å². The quantitative estimate of drug-likeness (QED) is 0.755. The number of likely N-dealkylation sites (tertiary alicyclic amines) is 1. The third-order valence-corrected chi connectivity index (χ3v) is 3.91. The van der Waals surface area contributed by atoms with Crippen LogP contribution in [-0.4, -0.2) is 61.6 Å². The van der Waals surface area contributed by atoms with Crippen LogP contribution < -0.4 is 10.6 Å². The van der Waals surface area contributed by atoms with E-state index in [1.165, 1.54) is 6.92 Å². The second kappa shape index (κ2) is 7.59. The van der Waals surface area contributed by atoms with Crippen LogP contribution in [-0.2, 0) is 14.3 Å². The standard InChI is InChI=1S/C14H25N3O3/c1-11(18)16-12-3-2-8-17(9-12)14(19)10-20-13-4-6-15-7-5-13/h12-13,15H,2-10H2,1H3,(H,16,18). The zero-order valence-electron chi connectivity index (χ0n) is 12.2. The topological polar surface area (TPSA) is 70.7 Å². The van der Waals surface area contributed by atoms with E-state index >= 15 is 0 Å². The van der Waals surface area contributed by atoms with Gasteiger partial charge in [-0.15, -0.1) is 0 Å². The first-order valence-corrected chi connectivity index (χ1v) is 7.52. The number of carbonyl (C=O) groups is 2. The summed E-state index contributed by atoms with van der Waals surface area (Å²) in [7, 11) is 0. The number of hydrogen-bond acceptors (Lipinski definition) is 4. The second-order valence-corrected chi connectivity index (χ2v) is 5.64. The molecule has 0 spiro atoms. The predicted molar refractivity (Wildman–Crippen MR) is 75.3 cm³/mol. The lowest BCUT2D eigenvalue weighted by Gasteiger charge is -2.33.